The van der Waals surface area contributed by atoms with Gasteiger partial charge in [-0.3, -0.25) is 14.3 Å². The minimum atomic E-state index is -3.31. The van der Waals surface area contributed by atoms with Crippen LogP contribution in [0.1, 0.15) is 31.3 Å². The van der Waals surface area contributed by atoms with Gasteiger partial charge in [0.15, 0.2) is 21.3 Å². The number of aromatic nitrogens is 5. The first kappa shape index (κ1) is 19.2. The first-order chi connectivity index (χ1) is 13.7. The zero-order valence-corrected chi connectivity index (χ0v) is 17.1. The Kier molecular flexibility index (Phi) is 4.65. The molecular formula is C19H20N6O3S. The molecule has 0 aliphatic heterocycles. The van der Waals surface area contributed by atoms with Crippen LogP contribution in [-0.2, 0) is 16.4 Å². The van der Waals surface area contributed by atoms with Gasteiger partial charge in [0.1, 0.15) is 11.3 Å². The summed E-state index contributed by atoms with van der Waals surface area (Å²) < 4.78 is 24.7. The van der Waals surface area contributed by atoms with Crippen LogP contribution in [0, 0.1) is 6.92 Å². The summed E-state index contributed by atoms with van der Waals surface area (Å²) in [6.07, 6.45) is 5.99. The summed E-state index contributed by atoms with van der Waals surface area (Å²) in [6.45, 7) is 3.90. The number of fused-ring (bicyclic) bond motifs is 1. The molecule has 1 N–H and O–H groups in total. The molecular weight excluding hydrogens is 392 g/mol. The largest absolute Gasteiger partial charge is 0.360 e. The highest BCUT2D eigenvalue weighted by Gasteiger charge is 2.21. The Morgan fingerprint density at radius 1 is 1.17 bits per heavy atom. The van der Waals surface area contributed by atoms with Gasteiger partial charge in [-0.15, -0.1) is 0 Å². The van der Waals surface area contributed by atoms with Crippen molar-refractivity contribution < 1.29 is 8.42 Å². The molecule has 0 saturated heterocycles. The van der Waals surface area contributed by atoms with Crippen molar-refractivity contribution in [2.24, 2.45) is 0 Å². The Balaban J connectivity index is 1.71. The molecule has 10 heteroatoms. The lowest BCUT2D eigenvalue weighted by Crippen LogP contribution is -2.25. The van der Waals surface area contributed by atoms with E-state index in [9.17, 15) is 13.2 Å². The Labute approximate surface area is 167 Å². The van der Waals surface area contributed by atoms with E-state index < -0.39 is 9.84 Å². The number of hydrogen-bond donors (Lipinski definition) is 1. The van der Waals surface area contributed by atoms with Crippen LogP contribution in [0.3, 0.4) is 0 Å². The van der Waals surface area contributed by atoms with Gasteiger partial charge in [-0.05, 0) is 44.4 Å². The average Bonchev–Trinajstić information content (AvgIpc) is 3.51. The summed E-state index contributed by atoms with van der Waals surface area (Å²) in [5.74, 6) is 0.733. The minimum Gasteiger partial charge on any atom is -0.360 e. The van der Waals surface area contributed by atoms with Gasteiger partial charge in [0, 0.05) is 18.1 Å². The van der Waals surface area contributed by atoms with Crippen LogP contribution >= 0.6 is 0 Å². The molecule has 9 nitrogen and oxygen atoms in total. The molecule has 0 aromatic carbocycles. The van der Waals surface area contributed by atoms with Crippen molar-refractivity contribution in [1.82, 2.24) is 24.5 Å². The maximum atomic E-state index is 13.1. The molecule has 0 atom stereocenters. The molecule has 29 heavy (non-hydrogen) atoms. The first-order valence-electron chi connectivity index (χ1n) is 9.08. The highest BCUT2D eigenvalue weighted by atomic mass is 32.2. The number of anilines is 1. The van der Waals surface area contributed by atoms with Crippen LogP contribution in [-0.4, -0.2) is 39.2 Å². The molecule has 0 spiro atoms. The Morgan fingerprint density at radius 3 is 2.55 bits per heavy atom. The second-order valence-electron chi connectivity index (χ2n) is 7.03. The number of allylic oxidation sites excluding steroid dienone is 2. The minimum absolute atomic E-state index is 0.145. The average molecular weight is 412 g/mol. The normalized spacial score (nSPS) is 13.6. The molecule has 0 unspecified atom stereocenters. The lowest BCUT2D eigenvalue weighted by atomic mass is 10.3. The Bertz CT molecular complexity index is 1300. The summed E-state index contributed by atoms with van der Waals surface area (Å²) in [5.41, 5.74) is 3.39. The van der Waals surface area contributed by atoms with Crippen molar-refractivity contribution in [3.8, 4) is 0 Å². The van der Waals surface area contributed by atoms with Crippen molar-refractivity contribution in [2.75, 3.05) is 11.6 Å². The van der Waals surface area contributed by atoms with Gasteiger partial charge in [0.05, 0.1) is 23.3 Å². The number of rotatable bonds is 5. The smallest absolute Gasteiger partial charge is 0.299 e. The lowest BCUT2D eigenvalue weighted by Gasteiger charge is -2.13. The first-order valence-corrected chi connectivity index (χ1v) is 11.0. The van der Waals surface area contributed by atoms with Crippen molar-refractivity contribution in [2.45, 2.75) is 38.1 Å². The summed E-state index contributed by atoms with van der Waals surface area (Å²) in [6, 6.07) is 3.09. The predicted molar refractivity (Wildman–Crippen MR) is 109 cm³/mol. The molecule has 0 bridgehead atoms. The SMILES string of the molecule is CC(=C1CC1)n1c(=O)c(NCc2ccc(S(C)(=O)=O)cn2)nc2cnc(C)nc21. The van der Waals surface area contributed by atoms with Gasteiger partial charge in [-0.1, -0.05) is 0 Å². The maximum absolute atomic E-state index is 13.1. The quantitative estimate of drug-likeness (QED) is 0.675. The third-order valence-corrected chi connectivity index (χ3v) is 5.83. The van der Waals surface area contributed by atoms with Gasteiger partial charge in [-0.25, -0.2) is 23.4 Å². The molecule has 3 aromatic heterocycles. The number of nitrogens with zero attached hydrogens (tertiary/aromatic N) is 5. The molecule has 1 saturated carbocycles. The third-order valence-electron chi connectivity index (χ3n) is 4.73. The Hall–Kier alpha value is -3.14. The summed E-state index contributed by atoms with van der Waals surface area (Å²) in [7, 11) is -3.31. The van der Waals surface area contributed by atoms with Crippen LogP contribution < -0.4 is 10.9 Å². The van der Waals surface area contributed by atoms with Crippen LogP contribution in [0.4, 0.5) is 5.82 Å². The Morgan fingerprint density at radius 2 is 1.93 bits per heavy atom. The van der Waals surface area contributed by atoms with Crippen molar-refractivity contribution in [1.29, 1.82) is 0 Å². The highest BCUT2D eigenvalue weighted by molar-refractivity contribution is 7.90. The molecule has 1 aliphatic rings. The van der Waals surface area contributed by atoms with E-state index >= 15 is 0 Å². The number of nitrogens with one attached hydrogen (secondary N) is 1. The second kappa shape index (κ2) is 7.03. The van der Waals surface area contributed by atoms with E-state index in [4.69, 9.17) is 0 Å². The summed E-state index contributed by atoms with van der Waals surface area (Å²) in [4.78, 5) is 30.4. The number of aryl methyl sites for hydroxylation is 1. The molecule has 1 aliphatic carbocycles. The van der Waals surface area contributed by atoms with E-state index in [-0.39, 0.29) is 22.8 Å². The summed E-state index contributed by atoms with van der Waals surface area (Å²) >= 11 is 0. The fourth-order valence-corrected chi connectivity index (χ4v) is 3.54. The fraction of sp³-hybridized carbons (Fsp3) is 0.316. The zero-order chi connectivity index (χ0) is 20.8. The molecule has 3 aromatic rings. The lowest BCUT2D eigenvalue weighted by molar-refractivity contribution is 0.601. The van der Waals surface area contributed by atoms with Crippen LogP contribution in [0.2, 0.25) is 0 Å². The third kappa shape index (κ3) is 3.88. The van der Waals surface area contributed by atoms with Crippen LogP contribution in [0.15, 0.2) is 39.8 Å². The predicted octanol–water partition coefficient (Wildman–Crippen LogP) is 1.93. The number of pyridine rings is 1. The van der Waals surface area contributed by atoms with E-state index in [0.29, 0.717) is 22.7 Å². The molecule has 0 amide bonds. The van der Waals surface area contributed by atoms with Gasteiger partial charge < -0.3 is 5.32 Å². The summed E-state index contributed by atoms with van der Waals surface area (Å²) in [5, 5.41) is 3.01. The van der Waals surface area contributed by atoms with Gasteiger partial charge in [0.2, 0.25) is 0 Å². The molecule has 1 fully saturated rings. The second-order valence-corrected chi connectivity index (χ2v) is 9.04. The maximum Gasteiger partial charge on any atom is 0.299 e. The molecule has 4 rings (SSSR count). The fourth-order valence-electron chi connectivity index (χ4n) is 2.98. The standard InChI is InChI=1S/C19H20N6O3S/c1-11(13-4-5-13)25-18-16(10-20-12(2)23-18)24-17(19(25)26)22-8-14-6-7-15(9-21-14)29(3,27)28/h6-7,9-10H,4-5,8H2,1-3H3,(H,22,24). The van der Waals surface area contributed by atoms with Crippen molar-refractivity contribution in [3.63, 3.8) is 0 Å². The van der Waals surface area contributed by atoms with E-state index in [0.717, 1.165) is 24.8 Å². The molecule has 150 valence electrons. The van der Waals surface area contributed by atoms with Crippen molar-refractivity contribution >= 4 is 32.5 Å². The van der Waals surface area contributed by atoms with Gasteiger partial charge >= 0.3 is 0 Å². The highest BCUT2D eigenvalue weighted by Crippen LogP contribution is 2.33. The number of hydrogen-bond acceptors (Lipinski definition) is 8. The van der Waals surface area contributed by atoms with Gasteiger partial charge in [-0.2, -0.15) is 0 Å². The van der Waals surface area contributed by atoms with Crippen LogP contribution in [0.25, 0.3) is 16.9 Å². The topological polar surface area (TPSA) is 120 Å². The van der Waals surface area contributed by atoms with Gasteiger partial charge in [0.25, 0.3) is 5.56 Å². The molecule has 3 heterocycles. The van der Waals surface area contributed by atoms with E-state index in [1.807, 2.05) is 6.92 Å². The van der Waals surface area contributed by atoms with Crippen molar-refractivity contribution in [3.05, 3.63) is 52.0 Å². The van der Waals surface area contributed by atoms with Crippen LogP contribution in [0.5, 0.6) is 0 Å². The van der Waals surface area contributed by atoms with E-state index in [1.54, 1.807) is 23.8 Å². The van der Waals surface area contributed by atoms with E-state index in [2.05, 4.69) is 25.3 Å². The molecule has 0 radical (unpaired) electrons. The zero-order valence-electron chi connectivity index (χ0n) is 16.3. The monoisotopic (exact) mass is 412 g/mol. The number of sulfone groups is 1. The van der Waals surface area contributed by atoms with E-state index in [1.165, 1.54) is 17.8 Å².